The van der Waals surface area contributed by atoms with Crippen LogP contribution in [0, 0.1) is 0 Å². The highest BCUT2D eigenvalue weighted by molar-refractivity contribution is 5.38. The summed E-state index contributed by atoms with van der Waals surface area (Å²) in [6.07, 6.45) is 0.960. The van der Waals surface area contributed by atoms with E-state index in [9.17, 15) is 0 Å². The van der Waals surface area contributed by atoms with E-state index in [1.54, 1.807) is 7.11 Å². The van der Waals surface area contributed by atoms with Gasteiger partial charge in [0.05, 0.1) is 20.3 Å². The number of ether oxygens (including phenoxy) is 2. The van der Waals surface area contributed by atoms with Crippen molar-refractivity contribution in [3.63, 3.8) is 0 Å². The van der Waals surface area contributed by atoms with Crippen molar-refractivity contribution < 1.29 is 9.47 Å². The number of methoxy groups -OCH3 is 1. The quantitative estimate of drug-likeness (QED) is 0.877. The third-order valence-corrected chi connectivity index (χ3v) is 3.67. The SMILES string of the molecule is CCc1cc(C(N)CN2CCOCC2)ccc1OC. The Morgan fingerprint density at radius 1 is 1.37 bits per heavy atom. The van der Waals surface area contributed by atoms with Gasteiger partial charge in [0.2, 0.25) is 0 Å². The predicted octanol–water partition coefficient (Wildman–Crippen LogP) is 1.59. The fourth-order valence-corrected chi connectivity index (χ4v) is 2.47. The first-order valence-electron chi connectivity index (χ1n) is 6.97. The summed E-state index contributed by atoms with van der Waals surface area (Å²) in [7, 11) is 1.71. The van der Waals surface area contributed by atoms with Gasteiger partial charge in [0.25, 0.3) is 0 Å². The summed E-state index contributed by atoms with van der Waals surface area (Å²) in [5.74, 6) is 0.949. The third kappa shape index (κ3) is 3.69. The third-order valence-electron chi connectivity index (χ3n) is 3.67. The predicted molar refractivity (Wildman–Crippen MR) is 76.6 cm³/mol. The summed E-state index contributed by atoms with van der Waals surface area (Å²) in [5.41, 5.74) is 8.72. The molecule has 0 saturated carbocycles. The van der Waals surface area contributed by atoms with Crippen LogP contribution in [0.2, 0.25) is 0 Å². The molecule has 1 atom stereocenters. The molecule has 1 fully saturated rings. The van der Waals surface area contributed by atoms with Crippen molar-refractivity contribution in [2.45, 2.75) is 19.4 Å². The maximum atomic E-state index is 6.32. The molecule has 0 aromatic heterocycles. The van der Waals surface area contributed by atoms with Crippen LogP contribution >= 0.6 is 0 Å². The van der Waals surface area contributed by atoms with Crippen LogP contribution in [0.25, 0.3) is 0 Å². The first-order valence-corrected chi connectivity index (χ1v) is 6.97. The van der Waals surface area contributed by atoms with Crippen LogP contribution in [0.5, 0.6) is 5.75 Å². The monoisotopic (exact) mass is 264 g/mol. The Kier molecular flexibility index (Phi) is 5.19. The molecule has 19 heavy (non-hydrogen) atoms. The number of hydrogen-bond donors (Lipinski definition) is 1. The van der Waals surface area contributed by atoms with Gasteiger partial charge in [0, 0.05) is 25.7 Å². The molecule has 1 aliphatic heterocycles. The van der Waals surface area contributed by atoms with Gasteiger partial charge in [-0.1, -0.05) is 19.1 Å². The van der Waals surface area contributed by atoms with E-state index in [2.05, 4.69) is 24.0 Å². The molecule has 2 rings (SSSR count). The molecule has 4 nitrogen and oxygen atoms in total. The Hall–Kier alpha value is -1.10. The topological polar surface area (TPSA) is 47.7 Å². The summed E-state index contributed by atoms with van der Waals surface area (Å²) < 4.78 is 10.7. The molecule has 1 aromatic rings. The largest absolute Gasteiger partial charge is 0.496 e. The molecule has 106 valence electrons. The normalized spacial score (nSPS) is 18.3. The Labute approximate surface area is 115 Å². The summed E-state index contributed by atoms with van der Waals surface area (Å²) >= 11 is 0. The molecule has 0 amide bonds. The van der Waals surface area contributed by atoms with Crippen LogP contribution in [0.4, 0.5) is 0 Å². The van der Waals surface area contributed by atoms with Crippen molar-refractivity contribution in [1.82, 2.24) is 4.90 Å². The molecular formula is C15H24N2O2. The summed E-state index contributed by atoms with van der Waals surface area (Å²) in [4.78, 5) is 2.37. The number of rotatable bonds is 5. The Balaban J connectivity index is 2.03. The van der Waals surface area contributed by atoms with Crippen LogP contribution in [0.1, 0.15) is 24.1 Å². The first kappa shape index (κ1) is 14.3. The molecule has 1 aromatic carbocycles. The molecule has 0 aliphatic carbocycles. The zero-order valence-electron chi connectivity index (χ0n) is 11.9. The smallest absolute Gasteiger partial charge is 0.122 e. The summed E-state index contributed by atoms with van der Waals surface area (Å²) in [6, 6.07) is 6.31. The van der Waals surface area contributed by atoms with E-state index in [0.29, 0.717) is 0 Å². The second-order valence-corrected chi connectivity index (χ2v) is 4.94. The fraction of sp³-hybridized carbons (Fsp3) is 0.600. The average Bonchev–Trinajstić information content (AvgIpc) is 2.47. The average molecular weight is 264 g/mol. The van der Waals surface area contributed by atoms with E-state index in [1.807, 2.05) is 6.07 Å². The molecular weight excluding hydrogens is 240 g/mol. The fourth-order valence-electron chi connectivity index (χ4n) is 2.47. The van der Waals surface area contributed by atoms with Crippen molar-refractivity contribution in [2.24, 2.45) is 5.73 Å². The molecule has 0 bridgehead atoms. The van der Waals surface area contributed by atoms with Crippen molar-refractivity contribution in [1.29, 1.82) is 0 Å². The van der Waals surface area contributed by atoms with Crippen LogP contribution in [-0.4, -0.2) is 44.9 Å². The zero-order chi connectivity index (χ0) is 13.7. The van der Waals surface area contributed by atoms with E-state index in [1.165, 1.54) is 11.1 Å². The zero-order valence-corrected chi connectivity index (χ0v) is 11.9. The Morgan fingerprint density at radius 3 is 2.74 bits per heavy atom. The number of nitrogens with zero attached hydrogens (tertiary/aromatic N) is 1. The van der Waals surface area contributed by atoms with Crippen molar-refractivity contribution >= 4 is 0 Å². The molecule has 2 N–H and O–H groups in total. The van der Waals surface area contributed by atoms with Gasteiger partial charge in [-0.15, -0.1) is 0 Å². The molecule has 1 unspecified atom stereocenters. The van der Waals surface area contributed by atoms with Gasteiger partial charge >= 0.3 is 0 Å². The highest BCUT2D eigenvalue weighted by atomic mass is 16.5. The van der Waals surface area contributed by atoms with Crippen LogP contribution < -0.4 is 10.5 Å². The highest BCUT2D eigenvalue weighted by Gasteiger charge is 2.16. The lowest BCUT2D eigenvalue weighted by Crippen LogP contribution is -2.40. The molecule has 1 heterocycles. The maximum Gasteiger partial charge on any atom is 0.122 e. The number of morpholine rings is 1. The Bertz CT molecular complexity index is 403. The number of aryl methyl sites for hydroxylation is 1. The van der Waals surface area contributed by atoms with Gasteiger partial charge < -0.3 is 15.2 Å². The second kappa shape index (κ2) is 6.89. The Morgan fingerprint density at radius 2 is 2.11 bits per heavy atom. The summed E-state index contributed by atoms with van der Waals surface area (Å²) in [5, 5.41) is 0. The lowest BCUT2D eigenvalue weighted by Gasteiger charge is -2.29. The standard InChI is InChI=1S/C15H24N2O2/c1-3-12-10-13(4-5-15(12)18-2)14(16)11-17-6-8-19-9-7-17/h4-5,10,14H,3,6-9,11,16H2,1-2H3. The van der Waals surface area contributed by atoms with Crippen LogP contribution in [0.3, 0.4) is 0 Å². The van der Waals surface area contributed by atoms with E-state index >= 15 is 0 Å². The molecule has 1 saturated heterocycles. The molecule has 1 aliphatic rings. The van der Waals surface area contributed by atoms with E-state index in [-0.39, 0.29) is 6.04 Å². The molecule has 0 spiro atoms. The van der Waals surface area contributed by atoms with Gasteiger partial charge in [-0.25, -0.2) is 0 Å². The van der Waals surface area contributed by atoms with Crippen LogP contribution in [-0.2, 0) is 11.2 Å². The van der Waals surface area contributed by atoms with Gasteiger partial charge in [0.1, 0.15) is 5.75 Å². The lowest BCUT2D eigenvalue weighted by atomic mass is 10.0. The minimum Gasteiger partial charge on any atom is -0.496 e. The number of hydrogen-bond acceptors (Lipinski definition) is 4. The summed E-state index contributed by atoms with van der Waals surface area (Å²) in [6.45, 7) is 6.61. The molecule has 4 heteroatoms. The minimum absolute atomic E-state index is 0.0503. The number of nitrogens with two attached hydrogens (primary N) is 1. The maximum absolute atomic E-state index is 6.32. The lowest BCUT2D eigenvalue weighted by molar-refractivity contribution is 0.0352. The van der Waals surface area contributed by atoms with Crippen molar-refractivity contribution in [2.75, 3.05) is 40.0 Å². The van der Waals surface area contributed by atoms with Gasteiger partial charge in [-0.3, -0.25) is 4.90 Å². The van der Waals surface area contributed by atoms with Gasteiger partial charge in [-0.05, 0) is 23.6 Å². The minimum atomic E-state index is 0.0503. The van der Waals surface area contributed by atoms with Crippen molar-refractivity contribution in [3.05, 3.63) is 29.3 Å². The van der Waals surface area contributed by atoms with Crippen molar-refractivity contribution in [3.8, 4) is 5.75 Å². The van der Waals surface area contributed by atoms with Gasteiger partial charge in [0.15, 0.2) is 0 Å². The van der Waals surface area contributed by atoms with E-state index in [4.69, 9.17) is 15.2 Å². The number of benzene rings is 1. The van der Waals surface area contributed by atoms with E-state index in [0.717, 1.165) is 45.0 Å². The van der Waals surface area contributed by atoms with Crippen LogP contribution in [0.15, 0.2) is 18.2 Å². The molecule has 0 radical (unpaired) electrons. The first-order chi connectivity index (χ1) is 9.24. The highest BCUT2D eigenvalue weighted by Crippen LogP contribution is 2.23. The van der Waals surface area contributed by atoms with E-state index < -0.39 is 0 Å². The van der Waals surface area contributed by atoms with Gasteiger partial charge in [-0.2, -0.15) is 0 Å². The second-order valence-electron chi connectivity index (χ2n) is 4.94.